The van der Waals surface area contributed by atoms with Crippen LogP contribution in [0.4, 0.5) is 8.78 Å². The molecule has 0 atom stereocenters. The summed E-state index contributed by atoms with van der Waals surface area (Å²) in [4.78, 5) is 0. The number of hydrogen-bond donors (Lipinski definition) is 0. The van der Waals surface area contributed by atoms with E-state index in [1.54, 1.807) is 13.8 Å². The van der Waals surface area contributed by atoms with Crippen molar-refractivity contribution in [3.8, 4) is 11.4 Å². The van der Waals surface area contributed by atoms with E-state index in [1.165, 1.54) is 4.57 Å². The monoisotopic (exact) mass is 321 g/mol. The Morgan fingerprint density at radius 2 is 1.70 bits per heavy atom. The molecule has 0 N–H and O–H groups in total. The molecule has 0 bridgehead atoms. The second kappa shape index (κ2) is 5.10. The van der Waals surface area contributed by atoms with Crippen LogP contribution in [0.5, 0.6) is 0 Å². The molecule has 1 heterocycles. The summed E-state index contributed by atoms with van der Waals surface area (Å²) < 4.78 is 50.6. The lowest BCUT2D eigenvalue weighted by Crippen LogP contribution is -2.10. The minimum absolute atomic E-state index is 0.0256. The largest absolute Gasteiger partial charge is 0.296 e. The van der Waals surface area contributed by atoms with Crippen LogP contribution in [0.2, 0.25) is 0 Å². The molecule has 0 fully saturated rings. The highest BCUT2D eigenvalue weighted by molar-refractivity contribution is 8.13. The summed E-state index contributed by atoms with van der Waals surface area (Å²) in [5.74, 6) is -1.57. The Morgan fingerprint density at radius 3 is 2.15 bits per heavy atom. The van der Waals surface area contributed by atoms with Crippen LogP contribution >= 0.6 is 10.7 Å². The Bertz CT molecular complexity index is 739. The first kappa shape index (κ1) is 14.9. The summed E-state index contributed by atoms with van der Waals surface area (Å²) in [6.45, 7) is 3.35. The van der Waals surface area contributed by atoms with Gasteiger partial charge in [-0.2, -0.15) is 0 Å². The number of benzene rings is 1. The van der Waals surface area contributed by atoms with Crippen LogP contribution in [-0.4, -0.2) is 23.2 Å². The minimum Gasteiger partial charge on any atom is -0.294 e. The average Bonchev–Trinajstić information content (AvgIpc) is 2.71. The SMILES string of the molecule is CC(C)n1c(-c2cc(F)cc(F)c2)nnc1S(=O)(=O)Cl. The van der Waals surface area contributed by atoms with Gasteiger partial charge >= 0.3 is 0 Å². The zero-order valence-electron chi connectivity index (χ0n) is 10.5. The quantitative estimate of drug-likeness (QED) is 0.815. The topological polar surface area (TPSA) is 64.8 Å². The second-order valence-electron chi connectivity index (χ2n) is 4.37. The van der Waals surface area contributed by atoms with Crippen molar-refractivity contribution in [3.05, 3.63) is 29.8 Å². The summed E-state index contributed by atoms with van der Waals surface area (Å²) in [6.07, 6.45) is 0. The fourth-order valence-corrected chi connectivity index (χ4v) is 2.77. The van der Waals surface area contributed by atoms with Crippen molar-refractivity contribution in [3.63, 3.8) is 0 Å². The van der Waals surface area contributed by atoms with Gasteiger partial charge in [0.15, 0.2) is 5.82 Å². The normalized spacial score (nSPS) is 12.1. The van der Waals surface area contributed by atoms with Gasteiger partial charge in [0.05, 0.1) is 0 Å². The fraction of sp³-hybridized carbons (Fsp3) is 0.273. The number of nitrogens with zero attached hydrogens (tertiary/aromatic N) is 3. The predicted octanol–water partition coefficient (Wildman–Crippen LogP) is 2.73. The number of rotatable bonds is 3. The van der Waals surface area contributed by atoms with E-state index in [-0.39, 0.29) is 17.4 Å². The summed E-state index contributed by atoms with van der Waals surface area (Å²) in [7, 11) is 1.16. The van der Waals surface area contributed by atoms with E-state index in [0.29, 0.717) is 6.07 Å². The lowest BCUT2D eigenvalue weighted by Gasteiger charge is -2.12. The summed E-state index contributed by atoms with van der Waals surface area (Å²) in [6, 6.07) is 2.42. The molecule has 0 amide bonds. The van der Waals surface area contributed by atoms with Gasteiger partial charge in [0.2, 0.25) is 0 Å². The molecule has 0 aliphatic heterocycles. The maximum atomic E-state index is 13.2. The lowest BCUT2D eigenvalue weighted by molar-refractivity contribution is 0.530. The van der Waals surface area contributed by atoms with E-state index < -0.39 is 25.8 Å². The summed E-state index contributed by atoms with van der Waals surface area (Å²) in [5, 5.41) is 6.70. The van der Waals surface area contributed by atoms with Crippen molar-refractivity contribution in [1.29, 1.82) is 0 Å². The molecular formula is C11H10ClF2N3O2S. The zero-order valence-corrected chi connectivity index (χ0v) is 12.1. The molecule has 2 aromatic rings. The third-order valence-corrected chi connectivity index (χ3v) is 3.65. The molecule has 108 valence electrons. The first-order valence-electron chi connectivity index (χ1n) is 5.56. The molecule has 0 unspecified atom stereocenters. The molecule has 0 saturated carbocycles. The third kappa shape index (κ3) is 2.80. The minimum atomic E-state index is -4.11. The number of aromatic nitrogens is 3. The van der Waals surface area contributed by atoms with E-state index in [9.17, 15) is 17.2 Å². The molecule has 0 saturated heterocycles. The number of hydrogen-bond acceptors (Lipinski definition) is 4. The van der Waals surface area contributed by atoms with Gasteiger partial charge in [-0.15, -0.1) is 10.2 Å². The molecule has 0 radical (unpaired) electrons. The maximum Gasteiger partial charge on any atom is 0.296 e. The van der Waals surface area contributed by atoms with Crippen LogP contribution < -0.4 is 0 Å². The van der Waals surface area contributed by atoms with E-state index in [4.69, 9.17) is 10.7 Å². The van der Waals surface area contributed by atoms with Gasteiger partial charge in [-0.05, 0) is 26.0 Å². The van der Waals surface area contributed by atoms with Gasteiger partial charge in [-0.3, -0.25) is 4.57 Å². The molecule has 9 heteroatoms. The van der Waals surface area contributed by atoms with Gasteiger partial charge in [-0.1, -0.05) is 0 Å². The molecule has 1 aromatic heterocycles. The molecule has 2 rings (SSSR count). The Kier molecular flexibility index (Phi) is 3.79. The van der Waals surface area contributed by atoms with Gasteiger partial charge in [0.1, 0.15) is 11.6 Å². The molecule has 0 spiro atoms. The number of halogens is 3. The summed E-state index contributed by atoms with van der Waals surface area (Å²) >= 11 is 0. The Balaban J connectivity index is 2.72. The van der Waals surface area contributed by atoms with Crippen LogP contribution in [0, 0.1) is 11.6 Å². The fourth-order valence-electron chi connectivity index (χ4n) is 1.79. The molecule has 0 aliphatic carbocycles. The molecule has 5 nitrogen and oxygen atoms in total. The van der Waals surface area contributed by atoms with Crippen molar-refractivity contribution in [2.24, 2.45) is 0 Å². The predicted molar refractivity (Wildman–Crippen MR) is 68.8 cm³/mol. The van der Waals surface area contributed by atoms with Crippen molar-refractivity contribution in [1.82, 2.24) is 14.8 Å². The first-order valence-corrected chi connectivity index (χ1v) is 7.87. The van der Waals surface area contributed by atoms with Gasteiger partial charge in [0.25, 0.3) is 14.2 Å². The van der Waals surface area contributed by atoms with E-state index >= 15 is 0 Å². The van der Waals surface area contributed by atoms with E-state index in [1.807, 2.05) is 0 Å². The maximum absolute atomic E-state index is 13.2. The Labute approximate surface area is 118 Å². The third-order valence-electron chi connectivity index (χ3n) is 2.52. The smallest absolute Gasteiger partial charge is 0.294 e. The van der Waals surface area contributed by atoms with E-state index in [2.05, 4.69) is 10.2 Å². The van der Waals surface area contributed by atoms with Crippen molar-refractivity contribution >= 4 is 19.7 Å². The molecule has 0 aliphatic rings. The van der Waals surface area contributed by atoms with Crippen molar-refractivity contribution in [2.45, 2.75) is 25.0 Å². The highest BCUT2D eigenvalue weighted by Crippen LogP contribution is 2.27. The lowest BCUT2D eigenvalue weighted by atomic mass is 10.2. The van der Waals surface area contributed by atoms with E-state index in [0.717, 1.165) is 12.1 Å². The molecule has 1 aromatic carbocycles. The highest BCUT2D eigenvalue weighted by atomic mass is 35.7. The standard InChI is InChI=1S/C11H10ClF2N3O2S/c1-6(2)17-10(15-16-11(17)20(12,18)19)7-3-8(13)5-9(14)4-7/h3-6H,1-2H3. The van der Waals surface area contributed by atoms with Crippen LogP contribution in [0.15, 0.2) is 23.4 Å². The zero-order chi connectivity index (χ0) is 15.1. The van der Waals surface area contributed by atoms with Crippen molar-refractivity contribution in [2.75, 3.05) is 0 Å². The van der Waals surface area contributed by atoms with Crippen LogP contribution in [0.3, 0.4) is 0 Å². The molecular weight excluding hydrogens is 312 g/mol. The van der Waals surface area contributed by atoms with Gasteiger partial charge in [0, 0.05) is 28.4 Å². The van der Waals surface area contributed by atoms with Crippen molar-refractivity contribution < 1.29 is 17.2 Å². The highest BCUT2D eigenvalue weighted by Gasteiger charge is 2.25. The first-order chi connectivity index (χ1) is 9.20. The Morgan fingerprint density at radius 1 is 1.15 bits per heavy atom. The van der Waals surface area contributed by atoms with Crippen LogP contribution in [0.1, 0.15) is 19.9 Å². The second-order valence-corrected chi connectivity index (χ2v) is 6.83. The molecule has 20 heavy (non-hydrogen) atoms. The van der Waals surface area contributed by atoms with Crippen LogP contribution in [-0.2, 0) is 9.05 Å². The van der Waals surface area contributed by atoms with Crippen LogP contribution in [0.25, 0.3) is 11.4 Å². The average molecular weight is 322 g/mol. The van der Waals surface area contributed by atoms with Gasteiger partial charge in [-0.25, -0.2) is 17.2 Å². The van der Waals surface area contributed by atoms with Gasteiger partial charge < -0.3 is 0 Å². The summed E-state index contributed by atoms with van der Waals surface area (Å²) in [5.41, 5.74) is 0.0790. The Hall–Kier alpha value is -1.54.